The largest absolute Gasteiger partial charge is 0.325 e. The highest BCUT2D eigenvalue weighted by Gasteiger charge is 2.49. The van der Waals surface area contributed by atoms with Crippen LogP contribution in [-0.4, -0.2) is 31.6 Å². The van der Waals surface area contributed by atoms with Gasteiger partial charge in [-0.15, -0.1) is 10.2 Å². The fourth-order valence-corrected chi connectivity index (χ4v) is 5.83. The summed E-state index contributed by atoms with van der Waals surface area (Å²) in [5.41, 5.74) is 6.51. The molecular formula is C24H27N5OS. The Labute approximate surface area is 186 Å². The monoisotopic (exact) mass is 433 g/mol. The van der Waals surface area contributed by atoms with E-state index in [9.17, 15) is 4.79 Å². The van der Waals surface area contributed by atoms with Crippen LogP contribution in [0.2, 0.25) is 0 Å². The molecular weight excluding hydrogens is 406 g/mol. The minimum Gasteiger partial charge on any atom is -0.325 e. The van der Waals surface area contributed by atoms with Crippen molar-refractivity contribution in [2.75, 3.05) is 10.7 Å². The molecule has 3 aromatic rings. The molecule has 160 valence electrons. The van der Waals surface area contributed by atoms with Crippen molar-refractivity contribution in [3.05, 3.63) is 60.2 Å². The number of amides is 1. The normalized spacial score (nSPS) is 19.5. The molecule has 1 amide bonds. The number of rotatable bonds is 4. The molecule has 1 unspecified atom stereocenters. The summed E-state index contributed by atoms with van der Waals surface area (Å²) in [6.45, 7) is 2.13. The van der Waals surface area contributed by atoms with Crippen LogP contribution in [0.4, 0.5) is 5.69 Å². The number of fused-ring (bicyclic) bond motifs is 1. The highest BCUT2D eigenvalue weighted by Crippen LogP contribution is 2.44. The Morgan fingerprint density at radius 3 is 2.55 bits per heavy atom. The molecule has 2 heterocycles. The van der Waals surface area contributed by atoms with E-state index in [1.165, 1.54) is 23.7 Å². The van der Waals surface area contributed by atoms with Crippen LogP contribution in [0, 0.1) is 0 Å². The number of carbonyl (C=O) groups excluding carboxylic acids is 1. The zero-order valence-electron chi connectivity index (χ0n) is 17.7. The first-order valence-corrected chi connectivity index (χ1v) is 11.9. The Kier molecular flexibility index (Phi) is 5.44. The van der Waals surface area contributed by atoms with E-state index >= 15 is 0 Å². The molecule has 1 aliphatic carbocycles. The van der Waals surface area contributed by atoms with Crippen LogP contribution in [0.1, 0.15) is 44.6 Å². The lowest BCUT2D eigenvalue weighted by Crippen LogP contribution is -2.59. The predicted molar refractivity (Wildman–Crippen MR) is 125 cm³/mol. The molecule has 1 spiro atoms. The molecule has 2 aromatic carbocycles. The number of aromatic nitrogens is 3. The average Bonchev–Trinajstić information content (AvgIpc) is 3.22. The number of thioether (sulfide) groups is 1. The molecule has 1 atom stereocenters. The third-order valence-corrected chi connectivity index (χ3v) is 7.71. The molecule has 1 aromatic heterocycles. The molecule has 31 heavy (non-hydrogen) atoms. The minimum atomic E-state index is -0.310. The Bertz CT molecular complexity index is 1060. The predicted octanol–water partition coefficient (Wildman–Crippen LogP) is 4.87. The highest BCUT2D eigenvalue weighted by molar-refractivity contribution is 8.00. The maximum atomic E-state index is 13.5. The number of hydrogen-bond donors (Lipinski definition) is 2. The van der Waals surface area contributed by atoms with Crippen LogP contribution in [0.25, 0.3) is 11.4 Å². The third kappa shape index (κ3) is 3.82. The fraction of sp³-hybridized carbons (Fsp3) is 0.375. The summed E-state index contributed by atoms with van der Waals surface area (Å²) in [5.74, 6) is 0.821. The van der Waals surface area contributed by atoms with E-state index in [1.54, 1.807) is 0 Å². The van der Waals surface area contributed by atoms with Gasteiger partial charge in [0, 0.05) is 11.3 Å². The Balaban J connectivity index is 1.46. The molecule has 2 N–H and O–H groups in total. The van der Waals surface area contributed by atoms with Gasteiger partial charge in [0.05, 0.1) is 5.54 Å². The first kappa shape index (κ1) is 20.1. The quantitative estimate of drug-likeness (QED) is 0.614. The minimum absolute atomic E-state index is 0.0270. The van der Waals surface area contributed by atoms with Crippen LogP contribution in [0.5, 0.6) is 0 Å². The van der Waals surface area contributed by atoms with E-state index in [4.69, 9.17) is 0 Å². The Morgan fingerprint density at radius 2 is 1.84 bits per heavy atom. The third-order valence-electron chi connectivity index (χ3n) is 6.34. The zero-order chi connectivity index (χ0) is 21.3. The van der Waals surface area contributed by atoms with Crippen LogP contribution in [-0.2, 0) is 11.2 Å². The van der Waals surface area contributed by atoms with Gasteiger partial charge in [0.2, 0.25) is 11.1 Å². The van der Waals surface area contributed by atoms with E-state index in [0.717, 1.165) is 54.3 Å². The molecule has 6 nitrogen and oxygen atoms in total. The van der Waals surface area contributed by atoms with Crippen molar-refractivity contribution in [2.24, 2.45) is 0 Å². The van der Waals surface area contributed by atoms with Gasteiger partial charge in [0.15, 0.2) is 5.82 Å². The van der Waals surface area contributed by atoms with Gasteiger partial charge in [-0.25, -0.2) is 4.68 Å². The highest BCUT2D eigenvalue weighted by atomic mass is 32.2. The second-order valence-electron chi connectivity index (χ2n) is 8.37. The number of carbonyl (C=O) groups is 1. The second kappa shape index (κ2) is 8.38. The lowest BCUT2D eigenvalue weighted by molar-refractivity contribution is -0.117. The number of nitrogens with zero attached hydrogens (tertiary/aromatic N) is 3. The SMILES string of the molecule is CCc1ccc(NC(=O)C2Sc3nnc(-c4ccccc4)n3NC23CCCCC3)cc1. The van der Waals surface area contributed by atoms with Crippen molar-refractivity contribution in [3.8, 4) is 11.4 Å². The number of anilines is 1. The number of nitrogens with one attached hydrogen (secondary N) is 2. The molecule has 1 fully saturated rings. The smallest absolute Gasteiger partial charge is 0.240 e. The standard InChI is InChI=1S/C24H27N5OS/c1-2-17-11-13-19(14-12-17)25-22(30)20-24(15-7-4-8-16-24)28-29-21(26-27-23(29)31-20)18-9-5-3-6-10-18/h3,5-6,9-14,20,28H,2,4,7-8,15-16H2,1H3,(H,25,30). The number of benzene rings is 2. The van der Waals surface area contributed by atoms with Gasteiger partial charge in [-0.3, -0.25) is 4.79 Å². The fourth-order valence-electron chi connectivity index (χ4n) is 4.61. The van der Waals surface area contributed by atoms with E-state index in [-0.39, 0.29) is 16.7 Å². The Morgan fingerprint density at radius 1 is 1.10 bits per heavy atom. The Hall–Kier alpha value is -2.80. The maximum Gasteiger partial charge on any atom is 0.240 e. The number of hydrogen-bond acceptors (Lipinski definition) is 5. The molecule has 0 radical (unpaired) electrons. The lowest BCUT2D eigenvalue weighted by atomic mass is 9.79. The maximum absolute atomic E-state index is 13.5. The molecule has 7 heteroatoms. The second-order valence-corrected chi connectivity index (χ2v) is 9.45. The molecule has 1 saturated carbocycles. The van der Waals surface area contributed by atoms with E-state index in [2.05, 4.69) is 40.0 Å². The van der Waals surface area contributed by atoms with Crippen LogP contribution >= 0.6 is 11.8 Å². The molecule has 0 bridgehead atoms. The summed E-state index contributed by atoms with van der Waals surface area (Å²) in [6.07, 6.45) is 6.33. The van der Waals surface area contributed by atoms with Crippen LogP contribution < -0.4 is 10.7 Å². The van der Waals surface area contributed by atoms with Crippen LogP contribution in [0.3, 0.4) is 0 Å². The van der Waals surface area contributed by atoms with E-state index < -0.39 is 0 Å². The first-order chi connectivity index (χ1) is 15.2. The summed E-state index contributed by atoms with van der Waals surface area (Å²) >= 11 is 1.53. The molecule has 2 aliphatic rings. The topological polar surface area (TPSA) is 71.8 Å². The summed E-state index contributed by atoms with van der Waals surface area (Å²) in [6, 6.07) is 18.2. The van der Waals surface area contributed by atoms with Gasteiger partial charge in [0.25, 0.3) is 0 Å². The van der Waals surface area contributed by atoms with E-state index in [1.807, 2.05) is 47.1 Å². The van der Waals surface area contributed by atoms with Crippen molar-refractivity contribution in [1.82, 2.24) is 14.9 Å². The zero-order valence-corrected chi connectivity index (χ0v) is 18.5. The molecule has 1 aliphatic heterocycles. The van der Waals surface area contributed by atoms with Crippen molar-refractivity contribution >= 4 is 23.4 Å². The van der Waals surface area contributed by atoms with Crippen molar-refractivity contribution < 1.29 is 4.79 Å². The summed E-state index contributed by atoms with van der Waals surface area (Å²) in [5, 5.41) is 12.5. The molecule has 0 saturated heterocycles. The van der Waals surface area contributed by atoms with Gasteiger partial charge < -0.3 is 10.7 Å². The molecule has 5 rings (SSSR count). The lowest BCUT2D eigenvalue weighted by Gasteiger charge is -2.46. The van der Waals surface area contributed by atoms with Crippen molar-refractivity contribution in [1.29, 1.82) is 0 Å². The van der Waals surface area contributed by atoms with Gasteiger partial charge in [0.1, 0.15) is 5.25 Å². The summed E-state index contributed by atoms with van der Waals surface area (Å²) in [7, 11) is 0. The number of aryl methyl sites for hydroxylation is 1. The van der Waals surface area contributed by atoms with Crippen LogP contribution in [0.15, 0.2) is 59.8 Å². The van der Waals surface area contributed by atoms with E-state index in [0.29, 0.717) is 0 Å². The average molecular weight is 434 g/mol. The van der Waals surface area contributed by atoms with Crippen molar-refractivity contribution in [2.45, 2.75) is 61.4 Å². The first-order valence-electron chi connectivity index (χ1n) is 11.0. The van der Waals surface area contributed by atoms with Crippen molar-refractivity contribution in [3.63, 3.8) is 0 Å². The van der Waals surface area contributed by atoms with Gasteiger partial charge in [-0.05, 0) is 37.0 Å². The van der Waals surface area contributed by atoms with Gasteiger partial charge in [-0.2, -0.15) is 0 Å². The summed E-state index contributed by atoms with van der Waals surface area (Å²) < 4.78 is 1.99. The van der Waals surface area contributed by atoms with Gasteiger partial charge in [-0.1, -0.05) is 80.4 Å². The summed E-state index contributed by atoms with van der Waals surface area (Å²) in [4.78, 5) is 13.5. The van der Waals surface area contributed by atoms with Gasteiger partial charge >= 0.3 is 0 Å².